The predicted molar refractivity (Wildman–Crippen MR) is 80.3 cm³/mol. The number of nitrogens with zero attached hydrogens (tertiary/aromatic N) is 6. The van der Waals surface area contributed by atoms with Gasteiger partial charge in [-0.1, -0.05) is 6.92 Å². The number of aromatic nitrogens is 6. The molecule has 0 aliphatic heterocycles. The quantitative estimate of drug-likeness (QED) is 0.778. The Labute approximate surface area is 121 Å². The van der Waals surface area contributed by atoms with Crippen molar-refractivity contribution in [3.05, 3.63) is 12.7 Å². The van der Waals surface area contributed by atoms with E-state index in [0.29, 0.717) is 23.8 Å². The molecule has 2 rings (SSSR count). The molecule has 2 aromatic heterocycles. The molecule has 0 spiro atoms. The first-order valence-corrected chi connectivity index (χ1v) is 7.64. The third kappa shape index (κ3) is 3.80. The molecule has 0 saturated heterocycles. The van der Waals surface area contributed by atoms with Crippen LogP contribution in [-0.2, 0) is 0 Å². The first-order valence-electron chi connectivity index (χ1n) is 6.24. The second-order valence-corrected chi connectivity index (χ2v) is 5.22. The Morgan fingerprint density at radius 1 is 1.30 bits per heavy atom. The van der Waals surface area contributed by atoms with Crippen LogP contribution in [-0.4, -0.2) is 55.3 Å². The number of rotatable bonds is 7. The van der Waals surface area contributed by atoms with E-state index in [1.807, 2.05) is 11.8 Å². The number of anilines is 2. The topological polar surface area (TPSA) is 93.4 Å². The highest BCUT2D eigenvalue weighted by atomic mass is 32.2. The largest absolute Gasteiger partial charge is 0.357 e. The molecule has 8 nitrogen and oxygen atoms in total. The highest BCUT2D eigenvalue weighted by Crippen LogP contribution is 2.10. The van der Waals surface area contributed by atoms with Crippen molar-refractivity contribution in [2.45, 2.75) is 6.92 Å². The van der Waals surface area contributed by atoms with E-state index in [1.165, 1.54) is 11.0 Å². The highest BCUT2D eigenvalue weighted by Gasteiger charge is 2.09. The number of hydrogen-bond acceptors (Lipinski definition) is 8. The third-order valence-electron chi connectivity index (χ3n) is 2.53. The molecule has 0 amide bonds. The third-order valence-corrected chi connectivity index (χ3v) is 3.43. The Kier molecular flexibility index (Phi) is 5.10. The van der Waals surface area contributed by atoms with Crippen LogP contribution >= 0.6 is 11.8 Å². The lowest BCUT2D eigenvalue weighted by Gasteiger charge is -2.12. The lowest BCUT2D eigenvalue weighted by molar-refractivity contribution is 0.694. The normalized spacial score (nSPS) is 12.2. The van der Waals surface area contributed by atoms with Gasteiger partial charge in [0.25, 0.3) is 5.95 Å². The molecule has 20 heavy (non-hydrogen) atoms. The van der Waals surface area contributed by atoms with Crippen molar-refractivity contribution in [1.82, 2.24) is 29.7 Å². The van der Waals surface area contributed by atoms with E-state index >= 15 is 0 Å². The first kappa shape index (κ1) is 14.5. The van der Waals surface area contributed by atoms with Crippen molar-refractivity contribution < 1.29 is 0 Å². The van der Waals surface area contributed by atoms with Crippen LogP contribution in [0, 0.1) is 5.92 Å². The number of hydrogen-bond donors (Lipinski definition) is 2. The van der Waals surface area contributed by atoms with Gasteiger partial charge in [0.05, 0.1) is 0 Å². The lowest BCUT2D eigenvalue weighted by atomic mass is 10.2. The van der Waals surface area contributed by atoms with Gasteiger partial charge in [0.15, 0.2) is 0 Å². The molecule has 0 aliphatic rings. The molecule has 108 valence electrons. The molecule has 0 radical (unpaired) electrons. The molecule has 1 unspecified atom stereocenters. The molecule has 9 heteroatoms. The maximum atomic E-state index is 4.34. The molecule has 0 aliphatic carbocycles. The fourth-order valence-corrected chi connectivity index (χ4v) is 2.27. The van der Waals surface area contributed by atoms with Crippen molar-refractivity contribution >= 4 is 23.7 Å². The summed E-state index contributed by atoms with van der Waals surface area (Å²) in [5.74, 6) is 3.08. The summed E-state index contributed by atoms with van der Waals surface area (Å²) in [5.41, 5.74) is 0. The maximum absolute atomic E-state index is 4.34. The average Bonchev–Trinajstić information content (AvgIpc) is 2.99. The van der Waals surface area contributed by atoms with Crippen molar-refractivity contribution in [2.24, 2.45) is 5.92 Å². The van der Waals surface area contributed by atoms with Gasteiger partial charge in [0, 0.05) is 13.6 Å². The summed E-state index contributed by atoms with van der Waals surface area (Å²) < 4.78 is 1.50. The number of nitrogens with one attached hydrogen (secondary N) is 2. The molecular weight excluding hydrogens is 276 g/mol. The highest BCUT2D eigenvalue weighted by molar-refractivity contribution is 7.98. The second kappa shape index (κ2) is 7.04. The predicted octanol–water partition coefficient (Wildman–Crippen LogP) is 0.905. The van der Waals surface area contributed by atoms with Gasteiger partial charge < -0.3 is 10.6 Å². The Morgan fingerprint density at radius 2 is 2.10 bits per heavy atom. The molecule has 2 N–H and O–H groups in total. The monoisotopic (exact) mass is 294 g/mol. The Bertz CT molecular complexity index is 529. The van der Waals surface area contributed by atoms with E-state index in [-0.39, 0.29) is 0 Å². The van der Waals surface area contributed by atoms with Crippen molar-refractivity contribution in [2.75, 3.05) is 36.2 Å². The Balaban J connectivity index is 2.14. The van der Waals surface area contributed by atoms with E-state index in [9.17, 15) is 0 Å². The summed E-state index contributed by atoms with van der Waals surface area (Å²) in [7, 11) is 1.76. The van der Waals surface area contributed by atoms with Crippen LogP contribution < -0.4 is 10.6 Å². The Hall–Kier alpha value is -1.90. The average molecular weight is 294 g/mol. The van der Waals surface area contributed by atoms with E-state index in [0.717, 1.165) is 12.3 Å². The van der Waals surface area contributed by atoms with E-state index in [2.05, 4.69) is 48.8 Å². The molecule has 2 aromatic rings. The van der Waals surface area contributed by atoms with Gasteiger partial charge in [-0.05, 0) is 17.9 Å². The summed E-state index contributed by atoms with van der Waals surface area (Å²) in [5, 5.41) is 10.2. The summed E-state index contributed by atoms with van der Waals surface area (Å²) in [6, 6.07) is 0. The fourth-order valence-electron chi connectivity index (χ4n) is 1.58. The van der Waals surface area contributed by atoms with Crippen LogP contribution in [0.15, 0.2) is 12.7 Å². The Morgan fingerprint density at radius 3 is 2.75 bits per heavy atom. The van der Waals surface area contributed by atoms with Gasteiger partial charge in [-0.25, -0.2) is 4.98 Å². The van der Waals surface area contributed by atoms with Crippen molar-refractivity contribution in [3.63, 3.8) is 0 Å². The molecular formula is C11H18N8S. The van der Waals surface area contributed by atoms with Crippen molar-refractivity contribution in [1.29, 1.82) is 0 Å². The van der Waals surface area contributed by atoms with Gasteiger partial charge in [0.2, 0.25) is 11.9 Å². The van der Waals surface area contributed by atoms with Crippen LogP contribution in [0.25, 0.3) is 5.95 Å². The first-order chi connectivity index (χ1) is 9.72. The van der Waals surface area contributed by atoms with Crippen LogP contribution in [0.2, 0.25) is 0 Å². The molecule has 0 bridgehead atoms. The van der Waals surface area contributed by atoms with Crippen LogP contribution in [0.3, 0.4) is 0 Å². The van der Waals surface area contributed by atoms with E-state index in [1.54, 1.807) is 13.4 Å². The lowest BCUT2D eigenvalue weighted by Crippen LogP contribution is -2.17. The van der Waals surface area contributed by atoms with Gasteiger partial charge in [-0.3, -0.25) is 0 Å². The SMILES string of the molecule is CNc1nc(NCC(C)CSC)nc(-n2cncn2)n1. The molecule has 0 aromatic carbocycles. The minimum absolute atomic E-state index is 0.432. The van der Waals surface area contributed by atoms with Gasteiger partial charge in [0.1, 0.15) is 12.7 Å². The molecule has 0 saturated carbocycles. The van der Waals surface area contributed by atoms with Gasteiger partial charge in [-0.2, -0.15) is 36.5 Å². The van der Waals surface area contributed by atoms with Crippen molar-refractivity contribution in [3.8, 4) is 5.95 Å². The standard InChI is InChI=1S/C11H18N8S/c1-8(5-20-3)4-14-10-16-9(12-2)17-11(18-10)19-7-13-6-15-19/h6-8H,4-5H2,1-3H3,(H2,12,14,16,17,18). The van der Waals surface area contributed by atoms with Crippen LogP contribution in [0.4, 0.5) is 11.9 Å². The summed E-state index contributed by atoms with van der Waals surface area (Å²) in [6.07, 6.45) is 5.09. The van der Waals surface area contributed by atoms with Gasteiger partial charge >= 0.3 is 0 Å². The zero-order valence-corrected chi connectivity index (χ0v) is 12.6. The minimum atomic E-state index is 0.432. The summed E-state index contributed by atoms with van der Waals surface area (Å²) >= 11 is 1.83. The van der Waals surface area contributed by atoms with E-state index < -0.39 is 0 Å². The van der Waals surface area contributed by atoms with Crippen LogP contribution in [0.1, 0.15) is 6.92 Å². The zero-order valence-electron chi connectivity index (χ0n) is 11.7. The minimum Gasteiger partial charge on any atom is -0.357 e. The fraction of sp³-hybridized carbons (Fsp3) is 0.545. The summed E-state index contributed by atoms with van der Waals surface area (Å²) in [6.45, 7) is 2.99. The summed E-state index contributed by atoms with van der Waals surface area (Å²) in [4.78, 5) is 16.7. The molecule has 2 heterocycles. The molecule has 0 fully saturated rings. The maximum Gasteiger partial charge on any atom is 0.258 e. The molecule has 1 atom stereocenters. The van der Waals surface area contributed by atoms with E-state index in [4.69, 9.17) is 0 Å². The van der Waals surface area contributed by atoms with Gasteiger partial charge in [-0.15, -0.1) is 0 Å². The zero-order chi connectivity index (χ0) is 14.4. The second-order valence-electron chi connectivity index (χ2n) is 4.31. The van der Waals surface area contributed by atoms with Crippen LogP contribution in [0.5, 0.6) is 0 Å². The smallest absolute Gasteiger partial charge is 0.258 e. The number of thioether (sulfide) groups is 1.